The minimum Gasteiger partial charge on any atom is -0.496 e. The van der Waals surface area contributed by atoms with Crippen LogP contribution < -0.4 is 4.74 Å². The maximum atomic E-state index is 13.4. The minimum absolute atomic E-state index is 0.122. The van der Waals surface area contributed by atoms with E-state index >= 15 is 0 Å². The predicted octanol–water partition coefficient (Wildman–Crippen LogP) is 6.48. The second-order valence-electron chi connectivity index (χ2n) is 9.82. The van der Waals surface area contributed by atoms with E-state index in [0.29, 0.717) is 16.7 Å². The maximum Gasteiger partial charge on any atom is 0.419 e. The third-order valence-corrected chi connectivity index (χ3v) is 6.29. The van der Waals surface area contributed by atoms with E-state index < -0.39 is 40.6 Å². The fourth-order valence-electron chi connectivity index (χ4n) is 4.37. The summed E-state index contributed by atoms with van der Waals surface area (Å²) in [7, 11) is 2.64. The Bertz CT molecular complexity index is 1100. The number of hydrogen-bond donors (Lipinski definition) is 0. The molecule has 1 aromatic rings. The van der Waals surface area contributed by atoms with Crippen LogP contribution in [0.1, 0.15) is 64.4 Å². The summed E-state index contributed by atoms with van der Waals surface area (Å²) in [5.41, 5.74) is -0.0993. The van der Waals surface area contributed by atoms with E-state index in [9.17, 15) is 22.8 Å². The molecule has 192 valence electrons. The van der Waals surface area contributed by atoms with Crippen molar-refractivity contribution >= 4 is 11.8 Å². The molecule has 8 heteroatoms. The van der Waals surface area contributed by atoms with Crippen molar-refractivity contribution in [3.8, 4) is 5.75 Å². The lowest BCUT2D eigenvalue weighted by Gasteiger charge is -2.42. The molecule has 0 amide bonds. The summed E-state index contributed by atoms with van der Waals surface area (Å²) >= 11 is 0. The Labute approximate surface area is 204 Å². The van der Waals surface area contributed by atoms with Crippen molar-refractivity contribution in [2.45, 2.75) is 66.3 Å². The fraction of sp³-hybridized carbons (Fsp3) is 0.481. The maximum absolute atomic E-state index is 13.4. The number of alkyl halides is 3. The van der Waals surface area contributed by atoms with Crippen molar-refractivity contribution in [1.82, 2.24) is 0 Å². The first-order valence-electron chi connectivity index (χ1n) is 11.1. The van der Waals surface area contributed by atoms with Crippen LogP contribution in [-0.4, -0.2) is 37.7 Å². The van der Waals surface area contributed by atoms with Crippen molar-refractivity contribution in [2.75, 3.05) is 14.2 Å². The monoisotopic (exact) mass is 494 g/mol. The summed E-state index contributed by atoms with van der Waals surface area (Å²) in [6.07, 6.45) is -2.40. The molecule has 1 aliphatic rings. The number of hydrogen-bond acceptors (Lipinski definition) is 5. The first kappa shape index (κ1) is 28.4. The molecule has 0 spiro atoms. The molecule has 1 aromatic carbocycles. The zero-order valence-corrected chi connectivity index (χ0v) is 21.6. The predicted molar refractivity (Wildman–Crippen MR) is 127 cm³/mol. The summed E-state index contributed by atoms with van der Waals surface area (Å²) in [5.74, 6) is -1.42. The first-order valence-corrected chi connectivity index (χ1v) is 11.1. The van der Waals surface area contributed by atoms with Crippen LogP contribution in [0.2, 0.25) is 0 Å². The minimum atomic E-state index is -4.67. The molecular formula is C27H33F3O5. The standard InChI is InChI=1S/C27H33F3O5/c1-15-17(3)26(7,23(34-9)16(2)22(15)24(32)35-25(4,5)6)13-12-20(31)18-10-11-21(33-8)19(14-18)27(28,29)30/h10-14,23H,1-9H3. The van der Waals surface area contributed by atoms with Crippen LogP contribution in [0, 0.1) is 5.41 Å². The van der Waals surface area contributed by atoms with Gasteiger partial charge in [0.05, 0.1) is 24.4 Å². The number of ketones is 1. The molecule has 5 nitrogen and oxygen atoms in total. The highest BCUT2D eigenvalue weighted by molar-refractivity contribution is 6.05. The highest BCUT2D eigenvalue weighted by atomic mass is 19.4. The van der Waals surface area contributed by atoms with Crippen LogP contribution in [-0.2, 0) is 20.4 Å². The Balaban J connectivity index is 2.49. The van der Waals surface area contributed by atoms with Gasteiger partial charge in [-0.15, -0.1) is 0 Å². The average Bonchev–Trinajstić information content (AvgIpc) is 2.74. The average molecular weight is 495 g/mol. The zero-order valence-electron chi connectivity index (χ0n) is 21.6. The van der Waals surface area contributed by atoms with Crippen molar-refractivity contribution in [3.05, 3.63) is 63.8 Å². The molecule has 0 aromatic heterocycles. The smallest absolute Gasteiger partial charge is 0.419 e. The summed E-state index contributed by atoms with van der Waals surface area (Å²) in [5, 5.41) is 0. The van der Waals surface area contributed by atoms with E-state index in [2.05, 4.69) is 0 Å². The lowest BCUT2D eigenvalue weighted by molar-refractivity contribution is -0.149. The van der Waals surface area contributed by atoms with E-state index in [1.54, 1.807) is 40.7 Å². The Morgan fingerprint density at radius 3 is 2.14 bits per heavy atom. The summed E-state index contributed by atoms with van der Waals surface area (Å²) in [6, 6.07) is 3.19. The molecule has 0 saturated heterocycles. The van der Waals surface area contributed by atoms with E-state index in [0.717, 1.165) is 24.8 Å². The van der Waals surface area contributed by atoms with Gasteiger partial charge in [-0.1, -0.05) is 11.6 Å². The van der Waals surface area contributed by atoms with Crippen molar-refractivity contribution < 1.29 is 37.0 Å². The van der Waals surface area contributed by atoms with E-state index in [1.165, 1.54) is 19.3 Å². The number of halogens is 3. The van der Waals surface area contributed by atoms with Crippen molar-refractivity contribution in [3.63, 3.8) is 0 Å². The molecule has 0 aliphatic heterocycles. The van der Waals surface area contributed by atoms with Crippen molar-refractivity contribution in [1.29, 1.82) is 0 Å². The Morgan fingerprint density at radius 2 is 1.66 bits per heavy atom. The first-order chi connectivity index (χ1) is 16.0. The quantitative estimate of drug-likeness (QED) is 0.257. The van der Waals surface area contributed by atoms with Gasteiger partial charge in [-0.05, 0) is 83.9 Å². The Morgan fingerprint density at radius 1 is 1.06 bits per heavy atom. The normalized spacial score (nSPS) is 21.5. The van der Waals surface area contributed by atoms with E-state index in [4.69, 9.17) is 14.2 Å². The summed E-state index contributed by atoms with van der Waals surface area (Å²) in [4.78, 5) is 25.8. The second-order valence-corrected chi connectivity index (χ2v) is 9.82. The molecule has 2 atom stereocenters. The van der Waals surface area contributed by atoms with Gasteiger partial charge < -0.3 is 14.2 Å². The Hall–Kier alpha value is -2.87. The van der Waals surface area contributed by atoms with Crippen LogP contribution >= 0.6 is 0 Å². The number of ether oxygens (including phenoxy) is 3. The Kier molecular flexibility index (Phi) is 8.11. The number of carbonyl (C=O) groups excluding carboxylic acids is 2. The van der Waals surface area contributed by atoms with Gasteiger partial charge in [0, 0.05) is 18.1 Å². The lowest BCUT2D eigenvalue weighted by Crippen LogP contribution is -2.40. The number of methoxy groups -OCH3 is 2. The molecule has 0 bridgehead atoms. The van der Waals surface area contributed by atoms with Crippen LogP contribution in [0.3, 0.4) is 0 Å². The number of carbonyl (C=O) groups is 2. The number of rotatable bonds is 6. The molecule has 0 N–H and O–H groups in total. The van der Waals surface area contributed by atoms with Gasteiger partial charge in [0.15, 0.2) is 5.78 Å². The third-order valence-electron chi connectivity index (χ3n) is 6.29. The lowest BCUT2D eigenvalue weighted by atomic mass is 9.67. The molecule has 0 saturated carbocycles. The van der Waals surface area contributed by atoms with Gasteiger partial charge in [0.25, 0.3) is 0 Å². The number of allylic oxidation sites excluding steroid dienone is 1. The van der Waals surface area contributed by atoms with Gasteiger partial charge in [0.1, 0.15) is 11.4 Å². The van der Waals surface area contributed by atoms with Gasteiger partial charge in [-0.2, -0.15) is 13.2 Å². The molecule has 0 fully saturated rings. The van der Waals surface area contributed by atoms with Crippen LogP contribution in [0.25, 0.3) is 0 Å². The SMILES string of the molecule is COc1ccc(C(=O)C=CC2(C)C(C)=C(C)C(C(=O)OC(C)(C)C)=C(C)C2OC)cc1C(F)(F)F. The van der Waals surface area contributed by atoms with Gasteiger partial charge >= 0.3 is 12.1 Å². The van der Waals surface area contributed by atoms with E-state index in [-0.39, 0.29) is 11.3 Å². The molecule has 1 aliphatic carbocycles. The highest BCUT2D eigenvalue weighted by Gasteiger charge is 2.43. The molecule has 35 heavy (non-hydrogen) atoms. The van der Waals surface area contributed by atoms with Crippen LogP contribution in [0.4, 0.5) is 13.2 Å². The number of benzene rings is 1. The third kappa shape index (κ3) is 5.86. The largest absolute Gasteiger partial charge is 0.496 e. The molecule has 2 rings (SSSR count). The molecule has 0 radical (unpaired) electrons. The van der Waals surface area contributed by atoms with Crippen LogP contribution in [0.5, 0.6) is 5.75 Å². The van der Waals surface area contributed by atoms with Crippen LogP contribution in [0.15, 0.2) is 52.6 Å². The zero-order chi connectivity index (χ0) is 26.9. The summed E-state index contributed by atoms with van der Waals surface area (Å²) < 4.78 is 56.3. The second kappa shape index (κ2) is 10.0. The topological polar surface area (TPSA) is 61.8 Å². The fourth-order valence-corrected chi connectivity index (χ4v) is 4.37. The van der Waals surface area contributed by atoms with E-state index in [1.807, 2.05) is 13.8 Å². The van der Waals surface area contributed by atoms with Gasteiger partial charge in [-0.25, -0.2) is 4.79 Å². The van der Waals surface area contributed by atoms with Crippen molar-refractivity contribution in [2.24, 2.45) is 5.41 Å². The molecule has 0 heterocycles. The summed E-state index contributed by atoms with van der Waals surface area (Å²) in [6.45, 7) is 12.6. The van der Waals surface area contributed by atoms with Gasteiger partial charge in [0.2, 0.25) is 0 Å². The molecular weight excluding hydrogens is 461 g/mol. The highest BCUT2D eigenvalue weighted by Crippen LogP contribution is 2.46. The molecule has 2 unspecified atom stereocenters. The van der Waals surface area contributed by atoms with Gasteiger partial charge in [-0.3, -0.25) is 4.79 Å². The number of esters is 1.